The third-order valence-electron chi connectivity index (χ3n) is 3.78. The molecule has 0 spiro atoms. The number of aromatic nitrogens is 1. The van der Waals surface area contributed by atoms with Crippen molar-refractivity contribution in [3.63, 3.8) is 0 Å². The number of pyridine rings is 1. The van der Waals surface area contributed by atoms with Crippen molar-refractivity contribution in [2.24, 2.45) is 0 Å². The highest BCUT2D eigenvalue weighted by Gasteiger charge is 2.35. The van der Waals surface area contributed by atoms with Crippen LogP contribution < -0.4 is 11.1 Å². The smallest absolute Gasteiger partial charge is 0.128 e. The molecule has 0 aliphatic heterocycles. The summed E-state index contributed by atoms with van der Waals surface area (Å²) >= 11 is 0. The van der Waals surface area contributed by atoms with Crippen LogP contribution in [0.2, 0.25) is 0 Å². The number of hydrogen-bond donors (Lipinski definition) is 2. The van der Waals surface area contributed by atoms with E-state index in [1.807, 2.05) is 13.8 Å². The van der Waals surface area contributed by atoms with E-state index in [0.29, 0.717) is 12.4 Å². The van der Waals surface area contributed by atoms with Crippen molar-refractivity contribution < 1.29 is 4.74 Å². The summed E-state index contributed by atoms with van der Waals surface area (Å²) < 4.78 is 6.04. The molecule has 3 N–H and O–H groups in total. The molecule has 0 aromatic carbocycles. The maximum atomic E-state index is 6.10. The van der Waals surface area contributed by atoms with Gasteiger partial charge < -0.3 is 15.8 Å². The highest BCUT2D eigenvalue weighted by atomic mass is 16.5. The summed E-state index contributed by atoms with van der Waals surface area (Å²) in [4.78, 5) is 4.30. The molecular formula is C16H29N3O. The van der Waals surface area contributed by atoms with Gasteiger partial charge in [0, 0.05) is 18.4 Å². The third kappa shape index (κ3) is 3.93. The highest BCUT2D eigenvalue weighted by Crippen LogP contribution is 2.34. The molecule has 114 valence electrons. The summed E-state index contributed by atoms with van der Waals surface area (Å²) in [6.45, 7) is 12.1. The second-order valence-corrected chi connectivity index (χ2v) is 5.47. The summed E-state index contributed by atoms with van der Waals surface area (Å²) in [7, 11) is 0. The molecule has 0 amide bonds. The van der Waals surface area contributed by atoms with E-state index in [9.17, 15) is 0 Å². The molecule has 0 aliphatic carbocycles. The molecule has 1 rings (SSSR count). The second kappa shape index (κ2) is 7.60. The van der Waals surface area contributed by atoms with Gasteiger partial charge in [0.15, 0.2) is 0 Å². The van der Waals surface area contributed by atoms with Gasteiger partial charge in [0.2, 0.25) is 0 Å². The predicted octanol–water partition coefficient (Wildman–Crippen LogP) is 3.22. The van der Waals surface area contributed by atoms with Crippen LogP contribution in [0.3, 0.4) is 0 Å². The third-order valence-corrected chi connectivity index (χ3v) is 3.78. The molecule has 0 saturated carbocycles. The standard InChI is InChI=1S/C16H29N3O/c1-6-9-18-14(16(5,7-2)20-8-3)13-10-12(4)11-19-15(13)17/h10-11,14,18H,6-9H2,1-5H3,(H2,17,19). The first-order valence-corrected chi connectivity index (χ1v) is 7.57. The number of rotatable bonds is 8. The van der Waals surface area contributed by atoms with Gasteiger partial charge in [0.25, 0.3) is 0 Å². The minimum Gasteiger partial charge on any atom is -0.383 e. The Labute approximate surface area is 123 Å². The lowest BCUT2D eigenvalue weighted by atomic mass is 9.87. The number of nitrogens with zero attached hydrogens (tertiary/aromatic N) is 1. The average molecular weight is 279 g/mol. The fourth-order valence-corrected chi connectivity index (χ4v) is 2.50. The van der Waals surface area contributed by atoms with Crippen LogP contribution in [0.15, 0.2) is 12.3 Å². The number of nitrogens with two attached hydrogens (primary N) is 1. The molecule has 0 fully saturated rings. The Hall–Kier alpha value is -1.13. The Balaban J connectivity index is 3.19. The summed E-state index contributed by atoms with van der Waals surface area (Å²) in [5.41, 5.74) is 7.97. The first-order chi connectivity index (χ1) is 9.48. The lowest BCUT2D eigenvalue weighted by molar-refractivity contribution is -0.0561. The molecule has 0 saturated heterocycles. The maximum absolute atomic E-state index is 6.10. The van der Waals surface area contributed by atoms with E-state index in [0.717, 1.165) is 30.5 Å². The number of nitrogen functional groups attached to an aromatic ring is 1. The summed E-state index contributed by atoms with van der Waals surface area (Å²) in [5.74, 6) is 0.587. The number of ether oxygens (including phenoxy) is 1. The second-order valence-electron chi connectivity index (χ2n) is 5.47. The van der Waals surface area contributed by atoms with Crippen molar-refractivity contribution in [1.29, 1.82) is 0 Å². The van der Waals surface area contributed by atoms with Crippen molar-refractivity contribution in [2.45, 2.75) is 59.1 Å². The van der Waals surface area contributed by atoms with Gasteiger partial charge in [0.05, 0.1) is 11.6 Å². The van der Waals surface area contributed by atoms with Crippen molar-refractivity contribution >= 4 is 5.82 Å². The van der Waals surface area contributed by atoms with E-state index in [-0.39, 0.29) is 11.6 Å². The van der Waals surface area contributed by atoms with Gasteiger partial charge in [0.1, 0.15) is 5.82 Å². The number of anilines is 1. The van der Waals surface area contributed by atoms with Gasteiger partial charge in [-0.25, -0.2) is 4.98 Å². The van der Waals surface area contributed by atoms with Gasteiger partial charge in [-0.3, -0.25) is 0 Å². The van der Waals surface area contributed by atoms with Crippen LogP contribution in [0.25, 0.3) is 0 Å². The molecule has 20 heavy (non-hydrogen) atoms. The molecule has 0 radical (unpaired) electrons. The van der Waals surface area contributed by atoms with Crippen LogP contribution in [0.4, 0.5) is 5.82 Å². The minimum atomic E-state index is -0.284. The first kappa shape index (κ1) is 16.9. The first-order valence-electron chi connectivity index (χ1n) is 7.57. The van der Waals surface area contributed by atoms with E-state index < -0.39 is 0 Å². The zero-order chi connectivity index (χ0) is 15.2. The average Bonchev–Trinajstić information content (AvgIpc) is 2.43. The minimum absolute atomic E-state index is 0.0554. The SMILES string of the molecule is CCCNC(c1cc(C)cnc1N)C(C)(CC)OCC. The molecule has 2 unspecified atom stereocenters. The van der Waals surface area contributed by atoms with Crippen LogP contribution in [0, 0.1) is 6.92 Å². The zero-order valence-corrected chi connectivity index (χ0v) is 13.5. The lowest BCUT2D eigenvalue weighted by Crippen LogP contribution is -2.44. The summed E-state index contributed by atoms with van der Waals surface area (Å²) in [5, 5.41) is 3.59. The lowest BCUT2D eigenvalue weighted by Gasteiger charge is -2.38. The Morgan fingerprint density at radius 1 is 1.40 bits per heavy atom. The Kier molecular flexibility index (Phi) is 6.43. The molecule has 2 atom stereocenters. The molecule has 1 aromatic rings. The molecule has 1 aromatic heterocycles. The van der Waals surface area contributed by atoms with Crippen LogP contribution in [-0.2, 0) is 4.74 Å². The van der Waals surface area contributed by atoms with Gasteiger partial charge in [-0.1, -0.05) is 13.8 Å². The normalized spacial score (nSPS) is 15.8. The maximum Gasteiger partial charge on any atom is 0.128 e. The molecule has 0 bridgehead atoms. The largest absolute Gasteiger partial charge is 0.383 e. The molecular weight excluding hydrogens is 250 g/mol. The molecule has 0 aliphatic rings. The number of hydrogen-bond acceptors (Lipinski definition) is 4. The van der Waals surface area contributed by atoms with E-state index in [1.165, 1.54) is 0 Å². The highest BCUT2D eigenvalue weighted by molar-refractivity contribution is 5.44. The monoisotopic (exact) mass is 279 g/mol. The molecule has 1 heterocycles. The fourth-order valence-electron chi connectivity index (χ4n) is 2.50. The summed E-state index contributed by atoms with van der Waals surface area (Å²) in [6, 6.07) is 2.17. The van der Waals surface area contributed by atoms with E-state index in [2.05, 4.69) is 37.1 Å². The van der Waals surface area contributed by atoms with Crippen molar-refractivity contribution in [1.82, 2.24) is 10.3 Å². The van der Waals surface area contributed by atoms with Crippen LogP contribution in [0.5, 0.6) is 0 Å². The van der Waals surface area contributed by atoms with Crippen molar-refractivity contribution in [2.75, 3.05) is 18.9 Å². The predicted molar refractivity (Wildman–Crippen MR) is 84.7 cm³/mol. The topological polar surface area (TPSA) is 60.2 Å². The Morgan fingerprint density at radius 2 is 2.10 bits per heavy atom. The summed E-state index contributed by atoms with van der Waals surface area (Å²) in [6.07, 6.45) is 3.79. The van der Waals surface area contributed by atoms with Gasteiger partial charge in [-0.05, 0) is 51.8 Å². The van der Waals surface area contributed by atoms with Gasteiger partial charge in [-0.15, -0.1) is 0 Å². The van der Waals surface area contributed by atoms with Crippen LogP contribution in [0.1, 0.15) is 57.7 Å². The van der Waals surface area contributed by atoms with E-state index in [4.69, 9.17) is 10.5 Å². The van der Waals surface area contributed by atoms with Crippen LogP contribution >= 0.6 is 0 Å². The Morgan fingerprint density at radius 3 is 2.65 bits per heavy atom. The quantitative estimate of drug-likeness (QED) is 0.767. The van der Waals surface area contributed by atoms with Crippen molar-refractivity contribution in [3.8, 4) is 0 Å². The fraction of sp³-hybridized carbons (Fsp3) is 0.688. The van der Waals surface area contributed by atoms with Gasteiger partial charge in [-0.2, -0.15) is 0 Å². The molecule has 4 heteroatoms. The van der Waals surface area contributed by atoms with Crippen LogP contribution in [-0.4, -0.2) is 23.7 Å². The van der Waals surface area contributed by atoms with E-state index >= 15 is 0 Å². The van der Waals surface area contributed by atoms with E-state index in [1.54, 1.807) is 6.20 Å². The Bertz CT molecular complexity index is 422. The van der Waals surface area contributed by atoms with Crippen molar-refractivity contribution in [3.05, 3.63) is 23.4 Å². The number of aryl methyl sites for hydroxylation is 1. The molecule has 4 nitrogen and oxygen atoms in total. The number of nitrogens with one attached hydrogen (secondary N) is 1. The van der Waals surface area contributed by atoms with Gasteiger partial charge >= 0.3 is 0 Å². The zero-order valence-electron chi connectivity index (χ0n) is 13.5.